The number of nitro groups is 1. The molecule has 10 nitrogen and oxygen atoms in total. The van der Waals surface area contributed by atoms with Crippen LogP contribution in [0, 0.1) is 10.1 Å². The molecule has 33 heavy (non-hydrogen) atoms. The van der Waals surface area contributed by atoms with E-state index < -0.39 is 10.8 Å². The molecule has 1 saturated heterocycles. The molecule has 4 rings (SSSR count). The number of methoxy groups -OCH3 is 2. The van der Waals surface area contributed by atoms with Crippen LogP contribution < -0.4 is 14.4 Å². The van der Waals surface area contributed by atoms with Crippen LogP contribution in [-0.2, 0) is 0 Å². The van der Waals surface area contributed by atoms with Gasteiger partial charge in [-0.2, -0.15) is 0 Å². The molecule has 0 atom stereocenters. The summed E-state index contributed by atoms with van der Waals surface area (Å²) >= 11 is 6.13. The number of piperazine rings is 1. The Morgan fingerprint density at radius 3 is 2.42 bits per heavy atom. The second kappa shape index (κ2) is 9.37. The van der Waals surface area contributed by atoms with E-state index in [1.807, 2.05) is 29.0 Å². The molecule has 0 unspecified atom stereocenters. The third-order valence-electron chi connectivity index (χ3n) is 5.49. The third kappa shape index (κ3) is 4.42. The largest absolute Gasteiger partial charge is 0.493 e. The molecule has 2 heterocycles. The standard InChI is InChI=1S/C22H22ClN5O5/c1-32-19-13-17(18(28(30)31)14-20(19)33-2)21(29)25-8-10-26(11-9-25)22-24-6-7-27(22)16-5-3-4-15(23)12-16/h3-7,12-14H,8-11H2,1-2H3. The Hall–Kier alpha value is -3.79. The Kier molecular flexibility index (Phi) is 6.36. The Morgan fingerprint density at radius 2 is 1.79 bits per heavy atom. The lowest BCUT2D eigenvalue weighted by atomic mass is 10.1. The minimum absolute atomic E-state index is 0.0356. The first-order chi connectivity index (χ1) is 15.9. The molecule has 1 fully saturated rings. The van der Waals surface area contributed by atoms with E-state index in [9.17, 15) is 14.9 Å². The van der Waals surface area contributed by atoms with Crippen molar-refractivity contribution < 1.29 is 19.2 Å². The maximum absolute atomic E-state index is 13.2. The Balaban J connectivity index is 1.53. The number of imidazole rings is 1. The van der Waals surface area contributed by atoms with E-state index in [2.05, 4.69) is 9.88 Å². The molecule has 1 aliphatic rings. The zero-order valence-electron chi connectivity index (χ0n) is 18.1. The monoisotopic (exact) mass is 471 g/mol. The van der Waals surface area contributed by atoms with Crippen LogP contribution in [0.5, 0.6) is 11.5 Å². The zero-order valence-corrected chi connectivity index (χ0v) is 18.9. The van der Waals surface area contributed by atoms with Gasteiger partial charge in [-0.25, -0.2) is 4.98 Å². The average Bonchev–Trinajstić information content (AvgIpc) is 3.33. The van der Waals surface area contributed by atoms with Crippen molar-refractivity contribution in [1.29, 1.82) is 0 Å². The number of nitro benzene ring substituents is 1. The molecule has 0 spiro atoms. The van der Waals surface area contributed by atoms with Crippen molar-refractivity contribution in [1.82, 2.24) is 14.5 Å². The molecule has 1 aliphatic heterocycles. The molecule has 3 aromatic rings. The second-order valence-corrected chi connectivity index (χ2v) is 7.77. The number of carbonyl (C=O) groups excluding carboxylic acids is 1. The number of ether oxygens (including phenoxy) is 2. The van der Waals surface area contributed by atoms with Crippen molar-refractivity contribution in [2.75, 3.05) is 45.3 Å². The first-order valence-electron chi connectivity index (χ1n) is 10.2. The third-order valence-corrected chi connectivity index (χ3v) is 5.72. The second-order valence-electron chi connectivity index (χ2n) is 7.34. The summed E-state index contributed by atoms with van der Waals surface area (Å²) in [7, 11) is 2.80. The van der Waals surface area contributed by atoms with Gasteiger partial charge in [0.05, 0.1) is 25.2 Å². The topological polar surface area (TPSA) is 103 Å². The summed E-state index contributed by atoms with van der Waals surface area (Å²) in [4.78, 5) is 32.3. The summed E-state index contributed by atoms with van der Waals surface area (Å²) < 4.78 is 12.3. The highest BCUT2D eigenvalue weighted by atomic mass is 35.5. The number of nitrogens with zero attached hydrogens (tertiary/aromatic N) is 5. The molecule has 0 N–H and O–H groups in total. The van der Waals surface area contributed by atoms with Crippen LogP contribution in [0.3, 0.4) is 0 Å². The van der Waals surface area contributed by atoms with Crippen molar-refractivity contribution in [3.8, 4) is 17.2 Å². The lowest BCUT2D eigenvalue weighted by Gasteiger charge is -2.35. The van der Waals surface area contributed by atoms with E-state index in [0.29, 0.717) is 31.2 Å². The number of halogens is 1. The van der Waals surface area contributed by atoms with Crippen LogP contribution in [0.4, 0.5) is 11.6 Å². The van der Waals surface area contributed by atoms with Crippen molar-refractivity contribution >= 4 is 29.1 Å². The maximum atomic E-state index is 13.2. The maximum Gasteiger partial charge on any atom is 0.286 e. The van der Waals surface area contributed by atoms with Gasteiger partial charge in [-0.15, -0.1) is 0 Å². The molecule has 0 saturated carbocycles. The van der Waals surface area contributed by atoms with E-state index in [4.69, 9.17) is 21.1 Å². The highest BCUT2D eigenvalue weighted by Gasteiger charge is 2.30. The van der Waals surface area contributed by atoms with Gasteiger partial charge in [-0.3, -0.25) is 19.5 Å². The van der Waals surface area contributed by atoms with Gasteiger partial charge in [0.2, 0.25) is 5.95 Å². The van der Waals surface area contributed by atoms with Crippen LogP contribution in [0.15, 0.2) is 48.8 Å². The Bertz CT molecular complexity index is 1190. The molecule has 0 bridgehead atoms. The SMILES string of the molecule is COc1cc(C(=O)N2CCN(c3nccn3-c3cccc(Cl)c3)CC2)c([N+](=O)[O-])cc1OC. The zero-order chi connectivity index (χ0) is 23.5. The highest BCUT2D eigenvalue weighted by Crippen LogP contribution is 2.35. The van der Waals surface area contributed by atoms with Crippen LogP contribution in [0.1, 0.15) is 10.4 Å². The van der Waals surface area contributed by atoms with E-state index in [1.54, 1.807) is 17.2 Å². The quantitative estimate of drug-likeness (QED) is 0.401. The predicted octanol–water partition coefficient (Wildman–Crippen LogP) is 3.41. The molecule has 0 radical (unpaired) electrons. The van der Waals surface area contributed by atoms with Crippen molar-refractivity contribution in [2.45, 2.75) is 0 Å². The number of hydrogen-bond donors (Lipinski definition) is 0. The van der Waals surface area contributed by atoms with Gasteiger partial charge in [0, 0.05) is 55.3 Å². The fraction of sp³-hybridized carbons (Fsp3) is 0.273. The molecule has 0 aliphatic carbocycles. The molecule has 11 heteroatoms. The van der Waals surface area contributed by atoms with Crippen molar-refractivity contribution in [3.63, 3.8) is 0 Å². The van der Waals surface area contributed by atoms with Crippen LogP contribution in [-0.4, -0.2) is 65.7 Å². The van der Waals surface area contributed by atoms with Crippen LogP contribution in [0.25, 0.3) is 5.69 Å². The van der Waals surface area contributed by atoms with Crippen LogP contribution in [0.2, 0.25) is 5.02 Å². The smallest absolute Gasteiger partial charge is 0.286 e. The summed E-state index contributed by atoms with van der Waals surface area (Å²) in [5.41, 5.74) is 0.526. The van der Waals surface area contributed by atoms with Gasteiger partial charge < -0.3 is 19.3 Å². The first kappa shape index (κ1) is 22.4. The van der Waals surface area contributed by atoms with Gasteiger partial charge in [0.15, 0.2) is 11.5 Å². The number of aromatic nitrogens is 2. The Morgan fingerprint density at radius 1 is 1.09 bits per heavy atom. The molecule has 172 valence electrons. The Labute approximate surface area is 195 Å². The van der Waals surface area contributed by atoms with E-state index in [1.165, 1.54) is 26.4 Å². The van der Waals surface area contributed by atoms with Crippen molar-refractivity contribution in [2.24, 2.45) is 0 Å². The molecular weight excluding hydrogens is 450 g/mol. The van der Waals surface area contributed by atoms with Gasteiger partial charge in [0.1, 0.15) is 5.56 Å². The van der Waals surface area contributed by atoms with E-state index >= 15 is 0 Å². The molecule has 1 aromatic heterocycles. The van der Waals surface area contributed by atoms with Gasteiger partial charge in [0.25, 0.3) is 11.6 Å². The number of hydrogen-bond acceptors (Lipinski definition) is 7. The highest BCUT2D eigenvalue weighted by molar-refractivity contribution is 6.30. The fourth-order valence-electron chi connectivity index (χ4n) is 3.83. The van der Waals surface area contributed by atoms with Crippen LogP contribution >= 0.6 is 11.6 Å². The minimum atomic E-state index is -0.590. The summed E-state index contributed by atoms with van der Waals surface area (Å²) in [6.07, 6.45) is 3.56. The van der Waals surface area contributed by atoms with Gasteiger partial charge in [-0.05, 0) is 18.2 Å². The van der Waals surface area contributed by atoms with Gasteiger partial charge >= 0.3 is 0 Å². The normalized spacial score (nSPS) is 13.7. The number of benzene rings is 2. The lowest BCUT2D eigenvalue weighted by molar-refractivity contribution is -0.385. The average molecular weight is 472 g/mol. The predicted molar refractivity (Wildman–Crippen MR) is 123 cm³/mol. The first-order valence-corrected chi connectivity index (χ1v) is 10.5. The number of rotatable bonds is 6. The number of carbonyl (C=O) groups is 1. The number of amides is 1. The summed E-state index contributed by atoms with van der Waals surface area (Å²) in [5, 5.41) is 12.2. The lowest BCUT2D eigenvalue weighted by Crippen LogP contribution is -2.49. The summed E-state index contributed by atoms with van der Waals surface area (Å²) in [5.74, 6) is 0.758. The number of anilines is 1. The fourth-order valence-corrected chi connectivity index (χ4v) is 4.01. The molecular formula is C22H22ClN5O5. The van der Waals surface area contributed by atoms with E-state index in [-0.39, 0.29) is 22.7 Å². The minimum Gasteiger partial charge on any atom is -0.493 e. The molecule has 1 amide bonds. The van der Waals surface area contributed by atoms with E-state index in [0.717, 1.165) is 11.6 Å². The summed E-state index contributed by atoms with van der Waals surface area (Å²) in [6.45, 7) is 1.80. The summed E-state index contributed by atoms with van der Waals surface area (Å²) in [6, 6.07) is 10.0. The van der Waals surface area contributed by atoms with Gasteiger partial charge in [-0.1, -0.05) is 17.7 Å². The molecule has 2 aromatic carbocycles. The van der Waals surface area contributed by atoms with Crippen molar-refractivity contribution in [3.05, 3.63) is 69.5 Å².